The van der Waals surface area contributed by atoms with Crippen LogP contribution in [-0.2, 0) is 4.74 Å². The van der Waals surface area contributed by atoms with E-state index in [0.29, 0.717) is 35.2 Å². The van der Waals surface area contributed by atoms with Gasteiger partial charge in [0.2, 0.25) is 0 Å². The molecule has 144 valence electrons. The van der Waals surface area contributed by atoms with Crippen LogP contribution in [0.2, 0.25) is 0 Å². The first-order chi connectivity index (χ1) is 13.6. The molecule has 0 radical (unpaired) electrons. The number of ether oxygens (including phenoxy) is 2. The molecule has 1 aromatic heterocycles. The summed E-state index contributed by atoms with van der Waals surface area (Å²) in [6, 6.07) is 14.4. The number of hydrogen-bond acceptors (Lipinski definition) is 8. The molecule has 0 bridgehead atoms. The highest BCUT2D eigenvalue weighted by Gasteiger charge is 2.14. The van der Waals surface area contributed by atoms with Crippen molar-refractivity contribution in [2.45, 2.75) is 6.92 Å². The number of carbonyl (C=O) groups is 1. The van der Waals surface area contributed by atoms with Gasteiger partial charge < -0.3 is 25.8 Å². The third-order valence-electron chi connectivity index (χ3n) is 3.90. The van der Waals surface area contributed by atoms with Crippen LogP contribution in [0.15, 0.2) is 54.9 Å². The van der Waals surface area contributed by atoms with Crippen LogP contribution in [0, 0.1) is 0 Å². The van der Waals surface area contributed by atoms with E-state index in [4.69, 9.17) is 15.2 Å². The average Bonchev–Trinajstić information content (AvgIpc) is 2.72. The molecule has 0 saturated carbocycles. The molecule has 2 aromatic carbocycles. The zero-order chi connectivity index (χ0) is 19.9. The third kappa shape index (κ3) is 4.29. The van der Waals surface area contributed by atoms with Gasteiger partial charge in [-0.15, -0.1) is 0 Å². The second-order valence-corrected chi connectivity index (χ2v) is 5.73. The van der Waals surface area contributed by atoms with E-state index < -0.39 is 5.97 Å². The van der Waals surface area contributed by atoms with Crippen LogP contribution in [-0.4, -0.2) is 29.7 Å². The van der Waals surface area contributed by atoms with E-state index in [1.807, 2.05) is 31.2 Å². The quantitative estimate of drug-likeness (QED) is 0.533. The maximum absolute atomic E-state index is 11.9. The molecule has 4 N–H and O–H groups in total. The molecule has 0 atom stereocenters. The van der Waals surface area contributed by atoms with Gasteiger partial charge in [0.1, 0.15) is 17.8 Å². The number of nitrogen functional groups attached to an aromatic ring is 1. The van der Waals surface area contributed by atoms with Gasteiger partial charge >= 0.3 is 5.97 Å². The summed E-state index contributed by atoms with van der Waals surface area (Å²) in [5.41, 5.74) is 8.25. The van der Waals surface area contributed by atoms with Crippen molar-refractivity contribution in [1.29, 1.82) is 0 Å². The molecule has 1 heterocycles. The summed E-state index contributed by atoms with van der Waals surface area (Å²) < 4.78 is 10.2. The van der Waals surface area contributed by atoms with E-state index in [-0.39, 0.29) is 0 Å². The Kier molecular flexibility index (Phi) is 5.91. The Morgan fingerprint density at radius 1 is 1.04 bits per heavy atom. The van der Waals surface area contributed by atoms with Crippen LogP contribution < -0.4 is 21.1 Å². The van der Waals surface area contributed by atoms with Crippen molar-refractivity contribution in [3.63, 3.8) is 0 Å². The lowest BCUT2D eigenvalue weighted by Crippen LogP contribution is -2.09. The molecule has 8 heteroatoms. The SMILES string of the molecule is CCOc1ccc(Nc2ncnc(Nc3ccccc3C(=O)OC)c2N)cc1. The van der Waals surface area contributed by atoms with Crippen LogP contribution in [0.3, 0.4) is 0 Å². The fourth-order valence-corrected chi connectivity index (χ4v) is 2.54. The first-order valence-corrected chi connectivity index (χ1v) is 8.67. The van der Waals surface area contributed by atoms with E-state index in [9.17, 15) is 4.79 Å². The van der Waals surface area contributed by atoms with Crippen molar-refractivity contribution in [1.82, 2.24) is 9.97 Å². The smallest absolute Gasteiger partial charge is 0.339 e. The predicted octanol–water partition coefficient (Wildman–Crippen LogP) is 3.73. The summed E-state index contributed by atoms with van der Waals surface area (Å²) in [6.07, 6.45) is 1.39. The number of para-hydroxylation sites is 1. The highest BCUT2D eigenvalue weighted by molar-refractivity contribution is 5.97. The first-order valence-electron chi connectivity index (χ1n) is 8.67. The monoisotopic (exact) mass is 379 g/mol. The molecule has 0 aliphatic rings. The lowest BCUT2D eigenvalue weighted by Gasteiger charge is -2.14. The molecule has 28 heavy (non-hydrogen) atoms. The van der Waals surface area contributed by atoms with Crippen molar-refractivity contribution in [2.75, 3.05) is 30.1 Å². The van der Waals surface area contributed by atoms with Gasteiger partial charge in [-0.3, -0.25) is 0 Å². The van der Waals surface area contributed by atoms with Crippen LogP contribution in [0.4, 0.5) is 28.7 Å². The van der Waals surface area contributed by atoms with Crippen molar-refractivity contribution < 1.29 is 14.3 Å². The predicted molar refractivity (Wildman–Crippen MR) is 108 cm³/mol. The summed E-state index contributed by atoms with van der Waals surface area (Å²) in [7, 11) is 1.33. The number of hydrogen-bond donors (Lipinski definition) is 3. The maximum Gasteiger partial charge on any atom is 0.339 e. The molecular formula is C20H21N5O3. The summed E-state index contributed by atoms with van der Waals surface area (Å²) in [5, 5.41) is 6.22. The van der Waals surface area contributed by atoms with Gasteiger partial charge in [-0.2, -0.15) is 0 Å². The molecule has 3 rings (SSSR count). The zero-order valence-electron chi connectivity index (χ0n) is 15.6. The summed E-state index contributed by atoms with van der Waals surface area (Å²) in [6.45, 7) is 2.54. The second kappa shape index (κ2) is 8.72. The molecular weight excluding hydrogens is 358 g/mol. The number of rotatable bonds is 7. The van der Waals surface area contributed by atoms with Crippen molar-refractivity contribution in [3.8, 4) is 5.75 Å². The van der Waals surface area contributed by atoms with Gasteiger partial charge in [-0.05, 0) is 43.3 Å². The van der Waals surface area contributed by atoms with E-state index in [0.717, 1.165) is 11.4 Å². The van der Waals surface area contributed by atoms with Gasteiger partial charge in [0.05, 0.1) is 25.0 Å². The van der Waals surface area contributed by atoms with E-state index in [1.54, 1.807) is 24.3 Å². The number of aromatic nitrogens is 2. The van der Waals surface area contributed by atoms with Crippen molar-refractivity contribution in [2.24, 2.45) is 0 Å². The Morgan fingerprint density at radius 3 is 2.39 bits per heavy atom. The van der Waals surface area contributed by atoms with Crippen LogP contribution in [0.5, 0.6) is 5.75 Å². The Balaban J connectivity index is 1.83. The Hall–Kier alpha value is -3.81. The molecule has 8 nitrogen and oxygen atoms in total. The molecule has 0 aliphatic heterocycles. The zero-order valence-corrected chi connectivity index (χ0v) is 15.6. The fourth-order valence-electron chi connectivity index (χ4n) is 2.54. The first kappa shape index (κ1) is 19.0. The second-order valence-electron chi connectivity index (χ2n) is 5.73. The molecule has 0 saturated heterocycles. The van der Waals surface area contributed by atoms with E-state index in [2.05, 4.69) is 20.6 Å². The number of methoxy groups -OCH3 is 1. The minimum Gasteiger partial charge on any atom is -0.494 e. The molecule has 0 fully saturated rings. The van der Waals surface area contributed by atoms with Gasteiger partial charge in [0.25, 0.3) is 0 Å². The summed E-state index contributed by atoms with van der Waals surface area (Å²) in [4.78, 5) is 20.3. The van der Waals surface area contributed by atoms with Crippen molar-refractivity contribution >= 4 is 34.7 Å². The number of carbonyl (C=O) groups excluding carboxylic acids is 1. The molecule has 0 aliphatic carbocycles. The molecule has 3 aromatic rings. The van der Waals surface area contributed by atoms with Crippen LogP contribution in [0.1, 0.15) is 17.3 Å². The Labute approximate surface area is 162 Å². The number of nitrogens with zero attached hydrogens (tertiary/aromatic N) is 2. The highest BCUT2D eigenvalue weighted by Crippen LogP contribution is 2.30. The highest BCUT2D eigenvalue weighted by atomic mass is 16.5. The topological polar surface area (TPSA) is 111 Å². The Morgan fingerprint density at radius 2 is 1.71 bits per heavy atom. The number of benzene rings is 2. The van der Waals surface area contributed by atoms with Crippen LogP contribution >= 0.6 is 0 Å². The van der Waals surface area contributed by atoms with E-state index >= 15 is 0 Å². The minimum atomic E-state index is -0.455. The number of anilines is 5. The minimum absolute atomic E-state index is 0.316. The molecule has 0 unspecified atom stereocenters. The van der Waals surface area contributed by atoms with Gasteiger partial charge in [0, 0.05) is 5.69 Å². The third-order valence-corrected chi connectivity index (χ3v) is 3.90. The fraction of sp³-hybridized carbons (Fsp3) is 0.150. The Bertz CT molecular complexity index is 960. The summed E-state index contributed by atoms with van der Waals surface area (Å²) in [5.74, 6) is 1.14. The molecule has 0 spiro atoms. The standard InChI is InChI=1S/C20H21N5O3/c1-3-28-14-10-8-13(9-11-14)24-18-17(21)19(23-12-22-18)25-16-7-5-4-6-15(16)20(26)27-2/h4-12H,3,21H2,1-2H3,(H2,22,23,24,25). The van der Waals surface area contributed by atoms with E-state index in [1.165, 1.54) is 13.4 Å². The normalized spacial score (nSPS) is 10.2. The van der Waals surface area contributed by atoms with Crippen molar-refractivity contribution in [3.05, 3.63) is 60.4 Å². The lowest BCUT2D eigenvalue weighted by atomic mass is 10.2. The van der Waals surface area contributed by atoms with Gasteiger partial charge in [0.15, 0.2) is 11.6 Å². The van der Waals surface area contributed by atoms with Crippen LogP contribution in [0.25, 0.3) is 0 Å². The lowest BCUT2D eigenvalue weighted by molar-refractivity contribution is 0.0602. The number of nitrogens with two attached hydrogens (primary N) is 1. The van der Waals surface area contributed by atoms with Gasteiger partial charge in [-0.25, -0.2) is 14.8 Å². The van der Waals surface area contributed by atoms with Gasteiger partial charge in [-0.1, -0.05) is 12.1 Å². The summed E-state index contributed by atoms with van der Waals surface area (Å²) >= 11 is 0. The number of nitrogens with one attached hydrogen (secondary N) is 2. The molecule has 0 amide bonds. The maximum atomic E-state index is 11.9. The largest absolute Gasteiger partial charge is 0.494 e. The average molecular weight is 379 g/mol. The number of esters is 1.